The summed E-state index contributed by atoms with van der Waals surface area (Å²) in [4.78, 5) is 12.9. The van der Waals surface area contributed by atoms with Gasteiger partial charge in [0.2, 0.25) is 0 Å². The first-order valence-electron chi connectivity index (χ1n) is 7.54. The Labute approximate surface area is 160 Å². The smallest absolute Gasteiger partial charge is 0.265 e. The highest BCUT2D eigenvalue weighted by molar-refractivity contribution is 7.12. The quantitative estimate of drug-likeness (QED) is 0.562. The van der Waals surface area contributed by atoms with Crippen LogP contribution in [-0.4, -0.2) is 5.91 Å². The van der Waals surface area contributed by atoms with E-state index in [-0.39, 0.29) is 5.91 Å². The van der Waals surface area contributed by atoms with E-state index in [1.165, 1.54) is 16.9 Å². The molecule has 1 amide bonds. The fourth-order valence-electron chi connectivity index (χ4n) is 2.19. The van der Waals surface area contributed by atoms with Crippen molar-refractivity contribution in [1.29, 1.82) is 0 Å². The summed E-state index contributed by atoms with van der Waals surface area (Å²) >= 11 is 13.3. The molecule has 0 fully saturated rings. The van der Waals surface area contributed by atoms with Crippen LogP contribution in [0.1, 0.15) is 20.8 Å². The minimum absolute atomic E-state index is 0.204. The lowest BCUT2D eigenvalue weighted by atomic mass is 10.2. The van der Waals surface area contributed by atoms with Gasteiger partial charge in [-0.25, -0.2) is 0 Å². The lowest BCUT2D eigenvalue weighted by molar-refractivity contribution is 0.103. The maximum atomic E-state index is 12.3. The molecular weight excluding hydrogens is 377 g/mol. The fourth-order valence-corrected chi connectivity index (χ4v) is 3.51. The van der Waals surface area contributed by atoms with Crippen LogP contribution in [0.3, 0.4) is 0 Å². The van der Waals surface area contributed by atoms with Crippen LogP contribution in [0.5, 0.6) is 5.75 Å². The van der Waals surface area contributed by atoms with Crippen molar-refractivity contribution >= 4 is 46.1 Å². The summed E-state index contributed by atoms with van der Waals surface area (Å²) in [6, 6.07) is 14.6. The number of carbonyl (C=O) groups is 1. The molecule has 1 N–H and O–H groups in total. The maximum Gasteiger partial charge on any atom is 0.265 e. The monoisotopic (exact) mass is 391 g/mol. The van der Waals surface area contributed by atoms with Crippen molar-refractivity contribution in [1.82, 2.24) is 0 Å². The number of aryl methyl sites for hydroxylation is 1. The van der Waals surface area contributed by atoms with Crippen molar-refractivity contribution < 1.29 is 9.53 Å². The van der Waals surface area contributed by atoms with Gasteiger partial charge in [-0.15, -0.1) is 11.3 Å². The van der Waals surface area contributed by atoms with Gasteiger partial charge in [-0.3, -0.25) is 4.79 Å². The molecule has 0 atom stereocenters. The molecule has 0 aliphatic rings. The Bertz CT molecular complexity index is 870. The number of halogens is 2. The van der Waals surface area contributed by atoms with Gasteiger partial charge in [0.15, 0.2) is 0 Å². The van der Waals surface area contributed by atoms with Gasteiger partial charge in [0, 0.05) is 21.3 Å². The number of anilines is 1. The van der Waals surface area contributed by atoms with Crippen LogP contribution in [0.4, 0.5) is 5.69 Å². The van der Waals surface area contributed by atoms with Gasteiger partial charge in [0.05, 0.1) is 4.88 Å². The highest BCUT2D eigenvalue weighted by atomic mass is 35.5. The van der Waals surface area contributed by atoms with Gasteiger partial charge in [0.1, 0.15) is 12.4 Å². The predicted octanol–water partition coefficient (Wildman–Crippen LogP) is 6.19. The van der Waals surface area contributed by atoms with Gasteiger partial charge < -0.3 is 10.1 Å². The largest absolute Gasteiger partial charge is 0.489 e. The number of carbonyl (C=O) groups excluding carboxylic acids is 1. The Morgan fingerprint density at radius 1 is 1.08 bits per heavy atom. The van der Waals surface area contributed by atoms with Gasteiger partial charge in [-0.2, -0.15) is 0 Å². The highest BCUT2D eigenvalue weighted by Gasteiger charge is 2.11. The maximum absolute atomic E-state index is 12.3. The van der Waals surface area contributed by atoms with E-state index in [2.05, 4.69) is 5.32 Å². The minimum atomic E-state index is -0.204. The van der Waals surface area contributed by atoms with Crippen LogP contribution < -0.4 is 10.1 Å². The molecule has 3 rings (SSSR count). The molecule has 0 bridgehead atoms. The summed E-state index contributed by atoms with van der Waals surface area (Å²) in [5.41, 5.74) is 2.69. The van der Waals surface area contributed by atoms with Gasteiger partial charge >= 0.3 is 0 Å². The molecule has 0 aliphatic carbocycles. The van der Waals surface area contributed by atoms with Crippen molar-refractivity contribution in [2.75, 3.05) is 5.32 Å². The number of hydrogen-bond acceptors (Lipinski definition) is 3. The standard InChI is InChI=1S/C19H15Cl2NO2S/c1-12-2-4-17(5-3-12)24-10-13-6-18(25-11-13)19(23)22-16-8-14(20)7-15(21)9-16/h2-9,11H,10H2,1H3,(H,22,23). The van der Waals surface area contributed by atoms with Crippen LogP contribution >= 0.6 is 34.5 Å². The van der Waals surface area contributed by atoms with Crippen molar-refractivity contribution in [3.8, 4) is 5.75 Å². The Kier molecular flexibility index (Phi) is 5.63. The average molecular weight is 392 g/mol. The van der Waals surface area contributed by atoms with E-state index >= 15 is 0 Å². The van der Waals surface area contributed by atoms with Crippen molar-refractivity contribution in [3.05, 3.63) is 80.0 Å². The molecule has 3 aromatic rings. The molecule has 3 nitrogen and oxygen atoms in total. The molecule has 0 saturated carbocycles. The predicted molar refractivity (Wildman–Crippen MR) is 104 cm³/mol. The summed E-state index contributed by atoms with van der Waals surface area (Å²) in [7, 11) is 0. The molecule has 6 heteroatoms. The van der Waals surface area contributed by atoms with Crippen molar-refractivity contribution in [2.24, 2.45) is 0 Å². The number of nitrogens with one attached hydrogen (secondary N) is 1. The van der Waals surface area contributed by atoms with Gasteiger partial charge in [0.25, 0.3) is 5.91 Å². The van der Waals surface area contributed by atoms with E-state index in [4.69, 9.17) is 27.9 Å². The normalized spacial score (nSPS) is 10.5. The molecule has 25 heavy (non-hydrogen) atoms. The highest BCUT2D eigenvalue weighted by Crippen LogP contribution is 2.24. The van der Waals surface area contributed by atoms with Gasteiger partial charge in [-0.1, -0.05) is 40.9 Å². The zero-order valence-electron chi connectivity index (χ0n) is 13.4. The molecule has 128 valence electrons. The number of benzene rings is 2. The van der Waals surface area contributed by atoms with E-state index < -0.39 is 0 Å². The molecular formula is C19H15Cl2NO2S. The second kappa shape index (κ2) is 7.91. The third-order valence-corrected chi connectivity index (χ3v) is 4.84. The Hall–Kier alpha value is -2.01. The fraction of sp³-hybridized carbons (Fsp3) is 0.105. The average Bonchev–Trinajstić information content (AvgIpc) is 3.02. The summed E-state index contributed by atoms with van der Waals surface area (Å²) in [5, 5.41) is 5.65. The van der Waals surface area contributed by atoms with E-state index in [1.807, 2.05) is 42.6 Å². The van der Waals surface area contributed by atoms with E-state index in [1.54, 1.807) is 18.2 Å². The SMILES string of the molecule is Cc1ccc(OCc2csc(C(=O)Nc3cc(Cl)cc(Cl)c3)c2)cc1. The minimum Gasteiger partial charge on any atom is -0.489 e. The number of hydrogen-bond donors (Lipinski definition) is 1. The van der Waals surface area contributed by atoms with Crippen LogP contribution in [0.2, 0.25) is 10.0 Å². The Balaban J connectivity index is 1.62. The zero-order chi connectivity index (χ0) is 17.8. The third kappa shape index (κ3) is 4.98. The molecule has 0 spiro atoms. The van der Waals surface area contributed by atoms with Crippen LogP contribution in [0.15, 0.2) is 53.9 Å². The molecule has 0 radical (unpaired) electrons. The number of ether oxygens (including phenoxy) is 1. The second-order valence-corrected chi connectivity index (χ2v) is 7.32. The zero-order valence-corrected chi connectivity index (χ0v) is 15.7. The van der Waals surface area contributed by atoms with Crippen molar-refractivity contribution in [2.45, 2.75) is 13.5 Å². The summed E-state index contributed by atoms with van der Waals surface area (Å²) in [6.07, 6.45) is 0. The number of thiophene rings is 1. The first-order valence-corrected chi connectivity index (χ1v) is 9.17. The summed E-state index contributed by atoms with van der Waals surface area (Å²) in [6.45, 7) is 2.44. The Morgan fingerprint density at radius 3 is 2.44 bits per heavy atom. The molecule has 1 heterocycles. The lowest BCUT2D eigenvalue weighted by Crippen LogP contribution is -2.10. The first kappa shape index (κ1) is 17.8. The van der Waals surface area contributed by atoms with Crippen LogP contribution in [-0.2, 0) is 6.61 Å². The molecule has 0 saturated heterocycles. The van der Waals surface area contributed by atoms with E-state index in [0.717, 1.165) is 11.3 Å². The summed E-state index contributed by atoms with van der Waals surface area (Å²) < 4.78 is 5.73. The van der Waals surface area contributed by atoms with Crippen LogP contribution in [0.25, 0.3) is 0 Å². The second-order valence-electron chi connectivity index (χ2n) is 5.53. The van der Waals surface area contributed by atoms with Crippen LogP contribution in [0, 0.1) is 6.92 Å². The molecule has 1 aromatic heterocycles. The van der Waals surface area contributed by atoms with E-state index in [0.29, 0.717) is 27.2 Å². The van der Waals surface area contributed by atoms with Crippen molar-refractivity contribution in [3.63, 3.8) is 0 Å². The third-order valence-electron chi connectivity index (χ3n) is 3.42. The topological polar surface area (TPSA) is 38.3 Å². The first-order chi connectivity index (χ1) is 12.0. The molecule has 0 unspecified atom stereocenters. The van der Waals surface area contributed by atoms with Gasteiger partial charge in [-0.05, 0) is 48.7 Å². The number of rotatable bonds is 5. The summed E-state index contributed by atoms with van der Waals surface area (Å²) in [5.74, 6) is 0.598. The number of amides is 1. The Morgan fingerprint density at radius 2 is 1.76 bits per heavy atom. The molecule has 0 aliphatic heterocycles. The lowest BCUT2D eigenvalue weighted by Gasteiger charge is -2.05. The van der Waals surface area contributed by atoms with E-state index in [9.17, 15) is 4.79 Å². The molecule has 2 aromatic carbocycles.